The highest BCUT2D eigenvalue weighted by Crippen LogP contribution is 2.36. The smallest absolute Gasteiger partial charge is 0.261 e. The molecule has 0 aliphatic carbocycles. The number of aryl methyl sites for hydroxylation is 1. The van der Waals surface area contributed by atoms with E-state index in [1.54, 1.807) is 24.3 Å². The highest BCUT2D eigenvalue weighted by atomic mass is 32.2. The van der Waals surface area contributed by atoms with Crippen LogP contribution < -0.4 is 20.6 Å². The molecule has 0 saturated carbocycles. The van der Waals surface area contributed by atoms with E-state index in [4.69, 9.17) is 0 Å². The number of benzene rings is 4. The molecule has 0 unspecified atom stereocenters. The highest BCUT2D eigenvalue weighted by Gasteiger charge is 2.22. The van der Waals surface area contributed by atoms with E-state index in [1.165, 1.54) is 10.6 Å². The average molecular weight is 431 g/mol. The summed E-state index contributed by atoms with van der Waals surface area (Å²) >= 11 is 0. The van der Waals surface area contributed by atoms with E-state index in [2.05, 4.69) is 29.0 Å². The Morgan fingerprint density at radius 2 is 1.13 bits per heavy atom. The number of rotatable bonds is 6. The summed E-state index contributed by atoms with van der Waals surface area (Å²) in [5.74, 6) is 0. The van der Waals surface area contributed by atoms with Crippen LogP contribution in [-0.4, -0.2) is 8.42 Å². The van der Waals surface area contributed by atoms with Crippen molar-refractivity contribution in [2.75, 3.05) is 4.72 Å². The quantitative estimate of drug-likeness (QED) is 0.455. The van der Waals surface area contributed by atoms with Crippen molar-refractivity contribution < 1.29 is 8.42 Å². The van der Waals surface area contributed by atoms with Gasteiger partial charge in [-0.2, -0.15) is 0 Å². The summed E-state index contributed by atoms with van der Waals surface area (Å²) in [5, 5.41) is 3.31. The zero-order valence-corrected chi connectivity index (χ0v) is 18.3. The summed E-state index contributed by atoms with van der Waals surface area (Å²) in [7, 11) is -4.61. The molecule has 4 rings (SSSR count). The van der Waals surface area contributed by atoms with Crippen molar-refractivity contribution >= 4 is 39.5 Å². The Kier molecular flexibility index (Phi) is 5.98. The Balaban J connectivity index is 1.80. The third-order valence-electron chi connectivity index (χ3n) is 4.75. The molecule has 0 atom stereocenters. The maximum absolute atomic E-state index is 13.1. The molecule has 1 N–H and O–H groups in total. The summed E-state index contributed by atoms with van der Waals surface area (Å²) < 4.78 is 28.9. The van der Waals surface area contributed by atoms with E-state index < -0.39 is 17.9 Å². The van der Waals surface area contributed by atoms with E-state index in [1.807, 2.05) is 67.6 Å². The van der Waals surface area contributed by atoms with Crippen LogP contribution in [-0.2, 0) is 10.0 Å². The monoisotopic (exact) mass is 431 g/mol. The topological polar surface area (TPSA) is 46.2 Å². The SMILES string of the molecule is Cc1ccc(S(=O)(=O)Nc2ccccc2P(c2ccccc2)c2ccccc2)cc1. The summed E-state index contributed by atoms with van der Waals surface area (Å²) in [6.45, 7) is 1.94. The molecule has 0 aliphatic rings. The molecule has 150 valence electrons. The molecular weight excluding hydrogens is 409 g/mol. The number of nitrogens with one attached hydrogen (secondary N) is 1. The molecule has 0 fully saturated rings. The first-order valence-corrected chi connectivity index (χ1v) is 12.5. The fourth-order valence-electron chi connectivity index (χ4n) is 3.26. The zero-order valence-electron chi connectivity index (χ0n) is 16.6. The molecule has 30 heavy (non-hydrogen) atoms. The maximum atomic E-state index is 13.1. The van der Waals surface area contributed by atoms with Crippen LogP contribution in [0.2, 0.25) is 0 Å². The minimum absolute atomic E-state index is 0.256. The van der Waals surface area contributed by atoms with Gasteiger partial charge in [0.25, 0.3) is 10.0 Å². The molecule has 0 radical (unpaired) electrons. The normalized spacial score (nSPS) is 11.4. The second-order valence-corrected chi connectivity index (χ2v) is 10.8. The fraction of sp³-hybridized carbons (Fsp3) is 0.0400. The third-order valence-corrected chi connectivity index (χ3v) is 8.63. The summed E-state index contributed by atoms with van der Waals surface area (Å²) in [4.78, 5) is 0.256. The molecule has 0 bridgehead atoms. The van der Waals surface area contributed by atoms with Crippen molar-refractivity contribution in [2.24, 2.45) is 0 Å². The van der Waals surface area contributed by atoms with Crippen LogP contribution in [0.1, 0.15) is 5.56 Å². The number of anilines is 1. The van der Waals surface area contributed by atoms with E-state index in [-0.39, 0.29) is 4.90 Å². The van der Waals surface area contributed by atoms with Crippen LogP contribution in [0.4, 0.5) is 5.69 Å². The van der Waals surface area contributed by atoms with Gasteiger partial charge in [-0.05, 0) is 43.7 Å². The Bertz CT molecular complexity index is 1190. The number of para-hydroxylation sites is 1. The van der Waals surface area contributed by atoms with Crippen molar-refractivity contribution in [2.45, 2.75) is 11.8 Å². The van der Waals surface area contributed by atoms with E-state index in [0.29, 0.717) is 5.69 Å². The summed E-state index contributed by atoms with van der Waals surface area (Å²) in [6.07, 6.45) is 0. The van der Waals surface area contributed by atoms with Crippen LogP contribution in [0, 0.1) is 6.92 Å². The second kappa shape index (κ2) is 8.83. The lowest BCUT2D eigenvalue weighted by Crippen LogP contribution is -2.25. The van der Waals surface area contributed by atoms with Crippen molar-refractivity contribution in [1.82, 2.24) is 0 Å². The van der Waals surface area contributed by atoms with Gasteiger partial charge in [0.2, 0.25) is 0 Å². The number of sulfonamides is 1. The molecule has 0 saturated heterocycles. The molecule has 3 nitrogen and oxygen atoms in total. The van der Waals surface area contributed by atoms with Gasteiger partial charge < -0.3 is 0 Å². The predicted octanol–water partition coefficient (Wildman–Crippen LogP) is 4.55. The summed E-state index contributed by atoms with van der Waals surface area (Å²) in [5.41, 5.74) is 1.63. The van der Waals surface area contributed by atoms with Crippen LogP contribution >= 0.6 is 7.92 Å². The number of hydrogen-bond donors (Lipinski definition) is 1. The molecule has 4 aromatic rings. The largest absolute Gasteiger partial charge is 0.279 e. The van der Waals surface area contributed by atoms with Crippen LogP contribution in [0.5, 0.6) is 0 Å². The van der Waals surface area contributed by atoms with Crippen molar-refractivity contribution in [3.63, 3.8) is 0 Å². The predicted molar refractivity (Wildman–Crippen MR) is 127 cm³/mol. The Hall–Kier alpha value is -2.94. The Morgan fingerprint density at radius 1 is 0.633 bits per heavy atom. The van der Waals surface area contributed by atoms with Gasteiger partial charge in [-0.25, -0.2) is 8.42 Å². The van der Waals surface area contributed by atoms with Gasteiger partial charge >= 0.3 is 0 Å². The van der Waals surface area contributed by atoms with E-state index in [0.717, 1.165) is 10.9 Å². The molecule has 4 aromatic carbocycles. The first kappa shape index (κ1) is 20.3. The van der Waals surface area contributed by atoms with Gasteiger partial charge in [0.1, 0.15) is 0 Å². The fourth-order valence-corrected chi connectivity index (χ4v) is 6.81. The average Bonchev–Trinajstić information content (AvgIpc) is 2.77. The zero-order chi connectivity index (χ0) is 21.0. The number of hydrogen-bond acceptors (Lipinski definition) is 2. The molecule has 0 aliphatic heterocycles. The van der Waals surface area contributed by atoms with Gasteiger partial charge in [-0.1, -0.05) is 96.6 Å². The van der Waals surface area contributed by atoms with Crippen molar-refractivity contribution in [3.8, 4) is 0 Å². The molecule has 5 heteroatoms. The van der Waals surface area contributed by atoms with Gasteiger partial charge in [-0.15, -0.1) is 0 Å². The standard InChI is InChI=1S/C25H22NO2PS/c1-20-16-18-23(19-17-20)30(27,28)26-24-14-8-9-15-25(24)29(21-10-4-2-5-11-21)22-12-6-3-7-13-22/h2-19,26H,1H3. The van der Waals surface area contributed by atoms with Crippen molar-refractivity contribution in [1.29, 1.82) is 0 Å². The van der Waals surface area contributed by atoms with Gasteiger partial charge in [0.05, 0.1) is 10.6 Å². The van der Waals surface area contributed by atoms with Crippen LogP contribution in [0.15, 0.2) is 114 Å². The minimum Gasteiger partial charge on any atom is -0.279 e. The van der Waals surface area contributed by atoms with Gasteiger partial charge in [-0.3, -0.25) is 4.72 Å². The molecule has 0 spiro atoms. The highest BCUT2D eigenvalue weighted by molar-refractivity contribution is 7.93. The second-order valence-electron chi connectivity index (χ2n) is 6.94. The molecule has 0 aromatic heterocycles. The first-order valence-electron chi connectivity index (χ1n) is 9.63. The van der Waals surface area contributed by atoms with E-state index in [9.17, 15) is 8.42 Å². The third kappa shape index (κ3) is 4.46. The van der Waals surface area contributed by atoms with Crippen molar-refractivity contribution in [3.05, 3.63) is 115 Å². The first-order chi connectivity index (χ1) is 14.5. The summed E-state index contributed by atoms with van der Waals surface area (Å²) in [6, 6.07) is 35.0. The van der Waals surface area contributed by atoms with Crippen LogP contribution in [0.3, 0.4) is 0 Å². The Labute approximate surface area is 179 Å². The molecule has 0 heterocycles. The lowest BCUT2D eigenvalue weighted by molar-refractivity contribution is 0.601. The minimum atomic E-state index is -3.69. The maximum Gasteiger partial charge on any atom is 0.261 e. The van der Waals surface area contributed by atoms with Crippen LogP contribution in [0.25, 0.3) is 0 Å². The lowest BCUT2D eigenvalue weighted by Gasteiger charge is -2.22. The van der Waals surface area contributed by atoms with Gasteiger partial charge in [0.15, 0.2) is 0 Å². The molecule has 0 amide bonds. The lowest BCUT2D eigenvalue weighted by atomic mass is 10.2. The van der Waals surface area contributed by atoms with E-state index >= 15 is 0 Å². The van der Waals surface area contributed by atoms with Gasteiger partial charge in [0, 0.05) is 5.30 Å². The molecular formula is C25H22NO2PS. The Morgan fingerprint density at radius 3 is 1.70 bits per heavy atom.